The Kier molecular flexibility index (Phi) is 7.17. The number of hydrogen-bond acceptors (Lipinski definition) is 0. The number of rotatable bonds is 0. The Morgan fingerprint density at radius 2 is 0.550 bits per heavy atom. The molecule has 0 heterocycles. The number of benzene rings is 1. The summed E-state index contributed by atoms with van der Waals surface area (Å²) in [4.78, 5) is 0. The molecule has 0 nitrogen and oxygen atoms in total. The fourth-order valence-electron chi connectivity index (χ4n) is 10.2. The van der Waals surface area contributed by atoms with E-state index >= 15 is 0 Å². The van der Waals surface area contributed by atoms with Crippen LogP contribution in [0.2, 0.25) is 0 Å². The second kappa shape index (κ2) is 8.63. The predicted molar refractivity (Wildman–Crippen MR) is 180 cm³/mol. The number of allylic oxidation sites excluding steroid dienone is 4. The van der Waals surface area contributed by atoms with Crippen LogP contribution in [0.4, 0.5) is 0 Å². The van der Waals surface area contributed by atoms with E-state index in [9.17, 15) is 0 Å². The van der Waals surface area contributed by atoms with E-state index in [1.165, 1.54) is 22.3 Å². The van der Waals surface area contributed by atoms with Crippen molar-refractivity contribution >= 4 is 0 Å². The third-order valence-corrected chi connectivity index (χ3v) is 16.3. The average Bonchev–Trinajstić information content (AvgIpc) is 3.08. The summed E-state index contributed by atoms with van der Waals surface area (Å²) in [5.41, 5.74) is 17.3. The van der Waals surface area contributed by atoms with E-state index in [1.807, 2.05) is 0 Å². The first-order valence-corrected chi connectivity index (χ1v) is 16.0. The average molecular weight is 547 g/mol. The summed E-state index contributed by atoms with van der Waals surface area (Å²) in [6, 6.07) is 0. The van der Waals surface area contributed by atoms with Gasteiger partial charge in [0.1, 0.15) is 0 Å². The third-order valence-electron chi connectivity index (χ3n) is 16.3. The Morgan fingerprint density at radius 1 is 0.275 bits per heavy atom. The lowest BCUT2D eigenvalue weighted by Crippen LogP contribution is -2.56. The molecule has 0 aliphatic heterocycles. The van der Waals surface area contributed by atoms with Gasteiger partial charge in [-0.2, -0.15) is 0 Å². The highest BCUT2D eigenvalue weighted by atomic mass is 14.8. The molecule has 0 saturated heterocycles. The molecule has 0 fully saturated rings. The first-order chi connectivity index (χ1) is 17.5. The zero-order chi connectivity index (χ0) is 31.8. The molecule has 0 bridgehead atoms. The van der Waals surface area contributed by atoms with E-state index in [1.54, 1.807) is 33.4 Å². The molecule has 4 rings (SSSR count). The van der Waals surface area contributed by atoms with Crippen molar-refractivity contribution in [3.63, 3.8) is 0 Å². The Morgan fingerprint density at radius 3 is 0.825 bits per heavy atom. The van der Waals surface area contributed by atoms with Crippen LogP contribution in [0.3, 0.4) is 0 Å². The molecule has 1 aromatic rings. The van der Waals surface area contributed by atoms with Crippen molar-refractivity contribution < 1.29 is 0 Å². The minimum absolute atomic E-state index is 0.0553. The van der Waals surface area contributed by atoms with E-state index < -0.39 is 0 Å². The molecule has 226 valence electrons. The topological polar surface area (TPSA) is 0 Å². The largest absolute Gasteiger partial charge is 0.0676 e. The molecule has 1 unspecified atom stereocenters. The van der Waals surface area contributed by atoms with E-state index in [2.05, 4.69) is 152 Å². The van der Waals surface area contributed by atoms with Crippen LogP contribution in [-0.2, 0) is 10.8 Å². The highest BCUT2D eigenvalue weighted by Gasteiger charge is 2.74. The summed E-state index contributed by atoms with van der Waals surface area (Å²) in [5, 5.41) is 0. The Hall–Kier alpha value is -1.30. The predicted octanol–water partition coefficient (Wildman–Crippen LogP) is 12.3. The molecular weight excluding hydrogens is 480 g/mol. The quantitative estimate of drug-likeness (QED) is 0.284. The highest BCUT2D eigenvalue weighted by Crippen LogP contribution is 2.78. The van der Waals surface area contributed by atoms with Crippen molar-refractivity contribution in [1.82, 2.24) is 0 Å². The van der Waals surface area contributed by atoms with Gasteiger partial charge in [0, 0.05) is 5.41 Å². The fraction of sp³-hybridized carbons (Fsp3) is 0.750. The van der Waals surface area contributed by atoms with Crippen LogP contribution in [0.5, 0.6) is 0 Å². The lowest BCUT2D eigenvalue weighted by molar-refractivity contribution is -0.0110. The van der Waals surface area contributed by atoms with Crippen LogP contribution in [0, 0.1) is 60.2 Å². The molecule has 0 radical (unpaired) electrons. The molecule has 1 atom stereocenters. The number of hydrogen-bond donors (Lipinski definition) is 0. The van der Waals surface area contributed by atoms with Gasteiger partial charge >= 0.3 is 0 Å². The van der Waals surface area contributed by atoms with Crippen LogP contribution in [0.25, 0.3) is 0 Å². The van der Waals surface area contributed by atoms with E-state index in [4.69, 9.17) is 0 Å². The third kappa shape index (κ3) is 3.21. The maximum absolute atomic E-state index is 2.55. The maximum Gasteiger partial charge on any atom is 0.0286 e. The normalized spacial score (nSPS) is 29.6. The van der Waals surface area contributed by atoms with Crippen LogP contribution in [0.15, 0.2) is 22.3 Å². The van der Waals surface area contributed by atoms with Crippen LogP contribution in [-0.4, -0.2) is 0 Å². The summed E-state index contributed by atoms with van der Waals surface area (Å²) >= 11 is 0. The van der Waals surface area contributed by atoms with Gasteiger partial charge in [0.15, 0.2) is 0 Å². The van der Waals surface area contributed by atoms with Crippen LogP contribution < -0.4 is 0 Å². The zero-order valence-corrected chi connectivity index (χ0v) is 31.0. The Labute approximate surface area is 250 Å². The summed E-state index contributed by atoms with van der Waals surface area (Å²) < 4.78 is 0. The lowest BCUT2D eigenvalue weighted by atomic mass is 9.45. The van der Waals surface area contributed by atoms with Crippen LogP contribution >= 0.6 is 0 Å². The molecule has 0 heteroatoms. The minimum atomic E-state index is 0.0553. The summed E-state index contributed by atoms with van der Waals surface area (Å²) in [6.07, 6.45) is 0. The summed E-state index contributed by atoms with van der Waals surface area (Å²) in [5.74, 6) is 0. The van der Waals surface area contributed by atoms with Crippen molar-refractivity contribution in [3.8, 4) is 0 Å². The SMILES string of the molecule is CC1=C(C)C(C)(C)C(C)(C)C1(C)C.CC1=C(C)C2(c3c(C)c(C)c(C)c(C)c3C(C)(C)C2(C)C)C(C)(C)C1(C)C. The molecule has 40 heavy (non-hydrogen) atoms. The summed E-state index contributed by atoms with van der Waals surface area (Å²) in [7, 11) is 0. The second-order valence-corrected chi connectivity index (χ2v) is 17.9. The van der Waals surface area contributed by atoms with Gasteiger partial charge in [-0.05, 0) is 127 Å². The van der Waals surface area contributed by atoms with Gasteiger partial charge in [0.2, 0.25) is 0 Å². The molecule has 0 N–H and O–H groups in total. The second-order valence-electron chi connectivity index (χ2n) is 17.9. The van der Waals surface area contributed by atoms with Gasteiger partial charge < -0.3 is 0 Å². The number of fused-ring (bicyclic) bond motifs is 2. The molecule has 3 aliphatic rings. The van der Waals surface area contributed by atoms with E-state index in [0.29, 0.717) is 16.2 Å². The van der Waals surface area contributed by atoms with Crippen molar-refractivity contribution in [2.45, 2.75) is 163 Å². The minimum Gasteiger partial charge on any atom is -0.0676 e. The van der Waals surface area contributed by atoms with Crippen molar-refractivity contribution in [3.05, 3.63) is 55.7 Å². The summed E-state index contributed by atoms with van der Waals surface area (Å²) in [6.45, 7) is 53.3. The van der Waals surface area contributed by atoms with Gasteiger partial charge in [0.05, 0.1) is 0 Å². The van der Waals surface area contributed by atoms with Gasteiger partial charge in [0.25, 0.3) is 0 Å². The Bertz CT molecular complexity index is 1300. The monoisotopic (exact) mass is 547 g/mol. The smallest absolute Gasteiger partial charge is 0.0286 e. The molecule has 1 spiro atoms. The molecule has 0 amide bonds. The van der Waals surface area contributed by atoms with Crippen molar-refractivity contribution in [2.75, 3.05) is 0 Å². The highest BCUT2D eigenvalue weighted by molar-refractivity contribution is 5.68. The van der Waals surface area contributed by atoms with E-state index in [-0.39, 0.29) is 27.1 Å². The molecule has 0 aromatic heterocycles. The van der Waals surface area contributed by atoms with Crippen molar-refractivity contribution in [2.24, 2.45) is 32.5 Å². The van der Waals surface area contributed by atoms with Crippen molar-refractivity contribution in [1.29, 1.82) is 0 Å². The van der Waals surface area contributed by atoms with Gasteiger partial charge in [-0.25, -0.2) is 0 Å². The molecule has 3 aliphatic carbocycles. The van der Waals surface area contributed by atoms with Gasteiger partial charge in [-0.15, -0.1) is 0 Å². The Balaban J connectivity index is 0.000000285. The molecule has 0 saturated carbocycles. The van der Waals surface area contributed by atoms with Gasteiger partial charge in [-0.3, -0.25) is 0 Å². The fourth-order valence-corrected chi connectivity index (χ4v) is 10.2. The van der Waals surface area contributed by atoms with Gasteiger partial charge in [-0.1, -0.05) is 119 Å². The van der Waals surface area contributed by atoms with E-state index in [0.717, 1.165) is 0 Å². The molecular formula is C40H66. The maximum atomic E-state index is 2.55. The van der Waals surface area contributed by atoms with Crippen LogP contribution in [0.1, 0.15) is 158 Å². The first-order valence-electron chi connectivity index (χ1n) is 16.0. The zero-order valence-electron chi connectivity index (χ0n) is 31.0. The lowest BCUT2D eigenvalue weighted by Gasteiger charge is -2.58. The first kappa shape index (κ1) is 33.2. The molecule has 1 aromatic carbocycles. The standard InChI is InChI=1S/C27H42.C13H24/c1-15-16(2)18(4)22-21(17(15)3)24(9,10)26(13,14)27(22)20(6)19(5)23(7,8)25(27,11)12;1-9-10(2)12(5,6)13(7,8)11(9,3)4/h1-14H3;1-8H3.